The molecule has 1 heterocycles. The number of ketones is 1. The molecule has 3 N–H and O–H groups in total. The van der Waals surface area contributed by atoms with Gasteiger partial charge in [0.15, 0.2) is 11.4 Å². The van der Waals surface area contributed by atoms with Crippen LogP contribution in [0, 0.1) is 11.8 Å². The first-order valence-electron chi connectivity index (χ1n) is 10.1. The van der Waals surface area contributed by atoms with Crippen LogP contribution in [-0.2, 0) is 20.7 Å². The molecule has 1 aliphatic rings. The van der Waals surface area contributed by atoms with Crippen molar-refractivity contribution in [2.45, 2.75) is 52.2 Å². The molecule has 7 heteroatoms. The fraction of sp³-hybridized carbons (Fsp3) is 0.591. The Morgan fingerprint density at radius 2 is 1.86 bits per heavy atom. The van der Waals surface area contributed by atoms with Gasteiger partial charge < -0.3 is 20.5 Å². The SMILES string of the molecule is CC(C)Cc1cccc(C(=O)NCC(=O)NC(CC(C)C)C(=O)C2(CO)CO2)c1. The van der Waals surface area contributed by atoms with Gasteiger partial charge >= 0.3 is 0 Å². The van der Waals surface area contributed by atoms with Gasteiger partial charge in [0, 0.05) is 5.56 Å². The minimum Gasteiger partial charge on any atom is -0.393 e. The van der Waals surface area contributed by atoms with E-state index in [0.29, 0.717) is 17.9 Å². The number of rotatable bonds is 11. The monoisotopic (exact) mass is 404 g/mol. The van der Waals surface area contributed by atoms with E-state index in [9.17, 15) is 19.5 Å². The predicted molar refractivity (Wildman–Crippen MR) is 109 cm³/mol. The molecule has 0 saturated carbocycles. The average Bonchev–Trinajstić information content (AvgIpc) is 3.45. The van der Waals surface area contributed by atoms with E-state index < -0.39 is 24.2 Å². The maximum Gasteiger partial charge on any atom is 0.251 e. The fourth-order valence-electron chi connectivity index (χ4n) is 3.24. The molecule has 1 aliphatic heterocycles. The lowest BCUT2D eigenvalue weighted by Gasteiger charge is -2.22. The number of aliphatic hydroxyl groups excluding tert-OH is 1. The van der Waals surface area contributed by atoms with E-state index in [2.05, 4.69) is 24.5 Å². The van der Waals surface area contributed by atoms with Gasteiger partial charge in [0.05, 0.1) is 25.8 Å². The summed E-state index contributed by atoms with van der Waals surface area (Å²) in [5.74, 6) is -0.474. The molecule has 2 rings (SSSR count). The fourth-order valence-corrected chi connectivity index (χ4v) is 3.24. The first kappa shape index (κ1) is 23.0. The topological polar surface area (TPSA) is 108 Å². The molecule has 2 atom stereocenters. The molecule has 1 aromatic carbocycles. The van der Waals surface area contributed by atoms with Crippen LogP contribution < -0.4 is 10.6 Å². The number of benzene rings is 1. The lowest BCUT2D eigenvalue weighted by Crippen LogP contribution is -2.51. The second-order valence-electron chi connectivity index (χ2n) is 8.54. The zero-order valence-electron chi connectivity index (χ0n) is 17.7. The van der Waals surface area contributed by atoms with Crippen molar-refractivity contribution in [2.75, 3.05) is 19.8 Å². The summed E-state index contributed by atoms with van der Waals surface area (Å²) < 4.78 is 5.13. The highest BCUT2D eigenvalue weighted by Crippen LogP contribution is 2.29. The second kappa shape index (κ2) is 9.98. The number of nitrogens with one attached hydrogen (secondary N) is 2. The summed E-state index contributed by atoms with van der Waals surface area (Å²) in [6, 6.07) is 6.57. The third kappa shape index (κ3) is 6.65. The Morgan fingerprint density at radius 1 is 1.17 bits per heavy atom. The molecule has 2 unspecified atom stereocenters. The van der Waals surface area contributed by atoms with Crippen molar-refractivity contribution in [3.63, 3.8) is 0 Å². The number of Topliss-reactive ketones (excluding diaryl/α,β-unsaturated/α-hetero) is 1. The molecule has 0 radical (unpaired) electrons. The first-order valence-corrected chi connectivity index (χ1v) is 10.1. The van der Waals surface area contributed by atoms with Crippen LogP contribution in [0.4, 0.5) is 0 Å². The molecule has 0 aromatic heterocycles. The van der Waals surface area contributed by atoms with Crippen LogP contribution in [0.3, 0.4) is 0 Å². The predicted octanol–water partition coefficient (Wildman–Crippen LogP) is 1.48. The van der Waals surface area contributed by atoms with Crippen molar-refractivity contribution >= 4 is 17.6 Å². The summed E-state index contributed by atoms with van der Waals surface area (Å²) in [7, 11) is 0. The molecule has 29 heavy (non-hydrogen) atoms. The number of hydrogen-bond donors (Lipinski definition) is 3. The van der Waals surface area contributed by atoms with Gasteiger partial charge in [-0.3, -0.25) is 14.4 Å². The Hall–Kier alpha value is -2.25. The van der Waals surface area contributed by atoms with E-state index in [-0.39, 0.29) is 30.8 Å². The molecule has 1 saturated heterocycles. The molecule has 0 bridgehead atoms. The Labute approximate surface area is 172 Å². The van der Waals surface area contributed by atoms with Crippen LogP contribution in [0.15, 0.2) is 24.3 Å². The van der Waals surface area contributed by atoms with Crippen LogP contribution >= 0.6 is 0 Å². The molecule has 0 aliphatic carbocycles. The van der Waals surface area contributed by atoms with Crippen LogP contribution in [0.5, 0.6) is 0 Å². The van der Waals surface area contributed by atoms with E-state index in [1.807, 2.05) is 32.0 Å². The number of carbonyl (C=O) groups is 3. The zero-order chi connectivity index (χ0) is 21.6. The molecule has 0 spiro atoms. The van der Waals surface area contributed by atoms with Crippen molar-refractivity contribution in [3.05, 3.63) is 35.4 Å². The maximum atomic E-state index is 12.6. The molecule has 7 nitrogen and oxygen atoms in total. The van der Waals surface area contributed by atoms with E-state index in [4.69, 9.17) is 4.74 Å². The van der Waals surface area contributed by atoms with Crippen molar-refractivity contribution in [2.24, 2.45) is 11.8 Å². The molecular weight excluding hydrogens is 372 g/mol. The van der Waals surface area contributed by atoms with Crippen LogP contribution in [0.2, 0.25) is 0 Å². The smallest absolute Gasteiger partial charge is 0.251 e. The average molecular weight is 405 g/mol. The Morgan fingerprint density at radius 3 is 2.41 bits per heavy atom. The number of amides is 2. The van der Waals surface area contributed by atoms with E-state index >= 15 is 0 Å². The minimum atomic E-state index is -1.19. The number of epoxide rings is 1. The lowest BCUT2D eigenvalue weighted by molar-refractivity contribution is -0.131. The summed E-state index contributed by atoms with van der Waals surface area (Å²) in [6.07, 6.45) is 1.30. The molecule has 160 valence electrons. The standard InChI is InChI=1S/C22H32N2O5/c1-14(2)8-16-6-5-7-17(10-16)21(28)23-11-19(26)24-18(9-15(3)4)20(27)22(12-25)13-29-22/h5-7,10,14-15,18,25H,8-9,11-13H2,1-4H3,(H,23,28)(H,24,26). The third-order valence-electron chi connectivity index (χ3n) is 4.80. The normalized spacial score (nSPS) is 19.1. The summed E-state index contributed by atoms with van der Waals surface area (Å²) in [5, 5.41) is 14.7. The van der Waals surface area contributed by atoms with Gasteiger partial charge in [0.2, 0.25) is 5.91 Å². The summed E-state index contributed by atoms with van der Waals surface area (Å²) in [4.78, 5) is 37.4. The molecule has 2 amide bonds. The van der Waals surface area contributed by atoms with E-state index in [0.717, 1.165) is 12.0 Å². The number of hydrogen-bond acceptors (Lipinski definition) is 5. The maximum absolute atomic E-state index is 12.6. The van der Waals surface area contributed by atoms with Crippen molar-refractivity contribution in [1.82, 2.24) is 10.6 Å². The zero-order valence-corrected chi connectivity index (χ0v) is 17.7. The highest BCUT2D eigenvalue weighted by Gasteiger charge is 2.54. The van der Waals surface area contributed by atoms with Crippen LogP contribution in [0.1, 0.15) is 50.0 Å². The van der Waals surface area contributed by atoms with Gasteiger partial charge in [-0.1, -0.05) is 39.8 Å². The highest BCUT2D eigenvalue weighted by atomic mass is 16.6. The van der Waals surface area contributed by atoms with Crippen molar-refractivity contribution in [3.8, 4) is 0 Å². The summed E-state index contributed by atoms with van der Waals surface area (Å²) in [5.41, 5.74) is 0.377. The first-order chi connectivity index (χ1) is 13.7. The Balaban J connectivity index is 1.93. The summed E-state index contributed by atoms with van der Waals surface area (Å²) in [6.45, 7) is 7.63. The minimum absolute atomic E-state index is 0.163. The quantitative estimate of drug-likeness (QED) is 0.484. The Bertz CT molecular complexity index is 740. The Kier molecular flexibility index (Phi) is 7.93. The van der Waals surface area contributed by atoms with Crippen LogP contribution in [-0.4, -0.2) is 54.1 Å². The van der Waals surface area contributed by atoms with E-state index in [1.54, 1.807) is 6.07 Å². The lowest BCUT2D eigenvalue weighted by atomic mass is 9.93. The number of ether oxygens (including phenoxy) is 1. The van der Waals surface area contributed by atoms with Gasteiger partial charge in [-0.15, -0.1) is 0 Å². The molecule has 1 aromatic rings. The van der Waals surface area contributed by atoms with E-state index in [1.165, 1.54) is 0 Å². The molecule has 1 fully saturated rings. The van der Waals surface area contributed by atoms with Crippen molar-refractivity contribution in [1.29, 1.82) is 0 Å². The van der Waals surface area contributed by atoms with Gasteiger partial charge in [-0.2, -0.15) is 0 Å². The number of aliphatic hydroxyl groups is 1. The summed E-state index contributed by atoms with van der Waals surface area (Å²) >= 11 is 0. The van der Waals surface area contributed by atoms with Crippen molar-refractivity contribution < 1.29 is 24.2 Å². The van der Waals surface area contributed by atoms with Gasteiger partial charge in [0.25, 0.3) is 5.91 Å². The molecular formula is C22H32N2O5. The van der Waals surface area contributed by atoms with Gasteiger partial charge in [-0.25, -0.2) is 0 Å². The third-order valence-corrected chi connectivity index (χ3v) is 4.80. The largest absolute Gasteiger partial charge is 0.393 e. The highest BCUT2D eigenvalue weighted by molar-refractivity contribution is 5.99. The van der Waals surface area contributed by atoms with Crippen LogP contribution in [0.25, 0.3) is 0 Å². The van der Waals surface area contributed by atoms with Gasteiger partial charge in [0.1, 0.15) is 0 Å². The second-order valence-corrected chi connectivity index (χ2v) is 8.54. The van der Waals surface area contributed by atoms with Gasteiger partial charge in [-0.05, 0) is 42.4 Å². The number of carbonyl (C=O) groups excluding carboxylic acids is 3.